The summed E-state index contributed by atoms with van der Waals surface area (Å²) in [6.45, 7) is 3.17. The van der Waals surface area contributed by atoms with Crippen molar-refractivity contribution in [1.29, 1.82) is 0 Å². The molecule has 178 valence electrons. The zero-order valence-corrected chi connectivity index (χ0v) is 20.7. The third-order valence-electron chi connectivity index (χ3n) is 6.19. The maximum Gasteiger partial charge on any atom is 0.265 e. The van der Waals surface area contributed by atoms with Gasteiger partial charge in [-0.1, -0.05) is 29.3 Å². The van der Waals surface area contributed by atoms with Crippen LogP contribution in [0.25, 0.3) is 0 Å². The summed E-state index contributed by atoms with van der Waals surface area (Å²) in [6, 6.07) is 8.46. The molecule has 5 nitrogen and oxygen atoms in total. The SMILES string of the molecule is CS(=O)NC(=O)c1cc(C2CC2)c(OCC2CCN(Cc3ccc(Cl)cc3Cl)CC2)cc1F. The minimum absolute atomic E-state index is 0.0892. The van der Waals surface area contributed by atoms with Crippen LogP contribution in [0.15, 0.2) is 30.3 Å². The topological polar surface area (TPSA) is 58.6 Å². The lowest BCUT2D eigenvalue weighted by Crippen LogP contribution is -2.35. The van der Waals surface area contributed by atoms with Gasteiger partial charge in [0.1, 0.15) is 22.6 Å². The Balaban J connectivity index is 1.34. The average molecular weight is 513 g/mol. The van der Waals surface area contributed by atoms with Crippen molar-refractivity contribution >= 4 is 40.1 Å². The molecule has 2 aromatic rings. The number of carbonyl (C=O) groups is 1. The van der Waals surface area contributed by atoms with Crippen LogP contribution in [0, 0.1) is 11.7 Å². The molecule has 2 aromatic carbocycles. The van der Waals surface area contributed by atoms with Crippen LogP contribution >= 0.6 is 23.2 Å². The number of halogens is 3. The summed E-state index contributed by atoms with van der Waals surface area (Å²) < 4.78 is 34.2. The number of carbonyl (C=O) groups excluding carboxylic acids is 1. The van der Waals surface area contributed by atoms with Gasteiger partial charge in [0, 0.05) is 28.9 Å². The smallest absolute Gasteiger partial charge is 0.265 e. The first kappa shape index (κ1) is 24.5. The molecule has 1 heterocycles. The van der Waals surface area contributed by atoms with Gasteiger partial charge in [0.25, 0.3) is 5.91 Å². The van der Waals surface area contributed by atoms with E-state index in [-0.39, 0.29) is 11.5 Å². The standard InChI is InChI=1S/C24H27Cl2FN2O3S/c1-33(31)28-24(30)20-11-19(16-2-3-16)23(12-22(20)27)32-14-15-6-8-29(9-7-15)13-17-4-5-18(25)10-21(17)26/h4-5,10-12,15-16H,2-3,6-9,13-14H2,1H3,(H,28,30). The Hall–Kier alpha value is -1.67. The fourth-order valence-corrected chi connectivity index (χ4v) is 5.02. The van der Waals surface area contributed by atoms with Crippen molar-refractivity contribution in [3.05, 3.63) is 62.9 Å². The molecule has 0 radical (unpaired) electrons. The summed E-state index contributed by atoms with van der Waals surface area (Å²) in [5, 5.41) is 1.32. The van der Waals surface area contributed by atoms with Crippen LogP contribution in [0.2, 0.25) is 10.0 Å². The molecule has 1 saturated carbocycles. The average Bonchev–Trinajstić information content (AvgIpc) is 3.60. The summed E-state index contributed by atoms with van der Waals surface area (Å²) in [5.74, 6) is -0.158. The number of ether oxygens (including phenoxy) is 1. The number of hydrogen-bond donors (Lipinski definition) is 1. The number of nitrogens with one attached hydrogen (secondary N) is 1. The van der Waals surface area contributed by atoms with E-state index in [9.17, 15) is 13.4 Å². The highest BCUT2D eigenvalue weighted by molar-refractivity contribution is 7.82. The molecule has 0 bridgehead atoms. The molecule has 33 heavy (non-hydrogen) atoms. The van der Waals surface area contributed by atoms with Gasteiger partial charge in [-0.3, -0.25) is 14.4 Å². The summed E-state index contributed by atoms with van der Waals surface area (Å²) in [5.41, 5.74) is 1.84. The molecule has 1 amide bonds. The zero-order chi connectivity index (χ0) is 23.5. The first-order chi connectivity index (χ1) is 15.8. The molecular weight excluding hydrogens is 486 g/mol. The van der Waals surface area contributed by atoms with E-state index < -0.39 is 22.7 Å². The number of hydrogen-bond acceptors (Lipinski definition) is 4. The summed E-state index contributed by atoms with van der Waals surface area (Å²) >= 11 is 12.3. The van der Waals surface area contributed by atoms with Crippen LogP contribution in [0.5, 0.6) is 5.75 Å². The second-order valence-electron chi connectivity index (χ2n) is 8.80. The van der Waals surface area contributed by atoms with E-state index in [0.29, 0.717) is 28.3 Å². The number of amides is 1. The molecule has 2 aliphatic rings. The van der Waals surface area contributed by atoms with Crippen LogP contribution in [0.4, 0.5) is 4.39 Å². The van der Waals surface area contributed by atoms with Crippen molar-refractivity contribution in [1.82, 2.24) is 9.62 Å². The van der Waals surface area contributed by atoms with E-state index >= 15 is 0 Å². The molecule has 0 spiro atoms. The van der Waals surface area contributed by atoms with E-state index in [2.05, 4.69) is 9.62 Å². The van der Waals surface area contributed by atoms with Crippen LogP contribution < -0.4 is 9.46 Å². The number of benzene rings is 2. The number of piperidine rings is 1. The largest absolute Gasteiger partial charge is 0.493 e. The summed E-state index contributed by atoms with van der Waals surface area (Å²) in [6.07, 6.45) is 5.29. The molecule has 1 unspecified atom stereocenters. The zero-order valence-electron chi connectivity index (χ0n) is 18.4. The molecule has 9 heteroatoms. The van der Waals surface area contributed by atoms with Crippen molar-refractivity contribution in [2.45, 2.75) is 38.1 Å². The Labute approximate surface area is 206 Å². The van der Waals surface area contributed by atoms with Gasteiger partial charge in [-0.25, -0.2) is 8.60 Å². The minimum Gasteiger partial charge on any atom is -0.493 e. The third kappa shape index (κ3) is 6.47. The highest BCUT2D eigenvalue weighted by atomic mass is 35.5. The van der Waals surface area contributed by atoms with Crippen molar-refractivity contribution in [3.63, 3.8) is 0 Å². The number of nitrogens with zero attached hydrogens (tertiary/aromatic N) is 1. The van der Waals surface area contributed by atoms with Crippen molar-refractivity contribution < 1.29 is 18.1 Å². The number of rotatable bonds is 8. The fraction of sp³-hybridized carbons (Fsp3) is 0.458. The van der Waals surface area contributed by atoms with Crippen LogP contribution in [-0.4, -0.2) is 41.0 Å². The lowest BCUT2D eigenvalue weighted by Gasteiger charge is -2.32. The highest BCUT2D eigenvalue weighted by Gasteiger charge is 2.30. The molecule has 1 saturated heterocycles. The van der Waals surface area contributed by atoms with Crippen molar-refractivity contribution in [2.24, 2.45) is 5.92 Å². The Bertz CT molecular complexity index is 1060. The van der Waals surface area contributed by atoms with Gasteiger partial charge >= 0.3 is 0 Å². The maximum atomic E-state index is 14.6. The molecule has 1 aliphatic heterocycles. The first-order valence-electron chi connectivity index (χ1n) is 11.1. The van der Waals surface area contributed by atoms with Gasteiger partial charge in [0.2, 0.25) is 0 Å². The van der Waals surface area contributed by atoms with Gasteiger partial charge < -0.3 is 4.74 Å². The van der Waals surface area contributed by atoms with E-state index in [1.807, 2.05) is 12.1 Å². The second kappa shape index (κ2) is 10.7. The fourth-order valence-electron chi connectivity index (χ4n) is 4.18. The Morgan fingerprint density at radius 1 is 1.18 bits per heavy atom. The summed E-state index contributed by atoms with van der Waals surface area (Å²) in [7, 11) is -1.55. The Morgan fingerprint density at radius 3 is 2.55 bits per heavy atom. The van der Waals surface area contributed by atoms with Crippen LogP contribution in [0.1, 0.15) is 53.1 Å². The van der Waals surface area contributed by atoms with E-state index in [0.717, 1.165) is 56.4 Å². The van der Waals surface area contributed by atoms with E-state index in [4.69, 9.17) is 27.9 Å². The van der Waals surface area contributed by atoms with Crippen LogP contribution in [-0.2, 0) is 17.5 Å². The Kier molecular flexibility index (Phi) is 7.95. The van der Waals surface area contributed by atoms with Gasteiger partial charge in [-0.15, -0.1) is 0 Å². The minimum atomic E-state index is -1.55. The quantitative estimate of drug-likeness (QED) is 0.519. The molecule has 2 fully saturated rings. The Morgan fingerprint density at radius 2 is 1.91 bits per heavy atom. The summed E-state index contributed by atoms with van der Waals surface area (Å²) in [4.78, 5) is 14.5. The van der Waals surface area contributed by atoms with Gasteiger partial charge in [-0.2, -0.15) is 0 Å². The van der Waals surface area contributed by atoms with E-state index in [1.54, 1.807) is 12.1 Å². The second-order valence-corrected chi connectivity index (χ2v) is 10.8. The molecule has 1 atom stereocenters. The lowest BCUT2D eigenvalue weighted by molar-refractivity contribution is 0.0979. The van der Waals surface area contributed by atoms with Crippen molar-refractivity contribution in [2.75, 3.05) is 26.0 Å². The van der Waals surface area contributed by atoms with Gasteiger partial charge in [-0.05, 0) is 79.9 Å². The normalized spacial score (nSPS) is 18.2. The molecule has 1 N–H and O–H groups in total. The van der Waals surface area contributed by atoms with Gasteiger partial charge in [0.15, 0.2) is 0 Å². The molecule has 4 rings (SSSR count). The third-order valence-corrected chi connectivity index (χ3v) is 7.25. The molecule has 1 aliphatic carbocycles. The predicted octanol–water partition coefficient (Wildman–Crippen LogP) is 5.32. The molecule has 0 aromatic heterocycles. The van der Waals surface area contributed by atoms with Crippen LogP contribution in [0.3, 0.4) is 0 Å². The van der Waals surface area contributed by atoms with E-state index in [1.165, 1.54) is 12.3 Å². The van der Waals surface area contributed by atoms with Gasteiger partial charge in [0.05, 0.1) is 12.2 Å². The van der Waals surface area contributed by atoms with Crippen molar-refractivity contribution in [3.8, 4) is 5.75 Å². The number of likely N-dealkylation sites (tertiary alicyclic amines) is 1. The monoisotopic (exact) mass is 512 g/mol. The molecular formula is C24H27Cl2FN2O3S. The maximum absolute atomic E-state index is 14.6. The lowest BCUT2D eigenvalue weighted by atomic mass is 9.97. The highest BCUT2D eigenvalue weighted by Crippen LogP contribution is 2.45. The first-order valence-corrected chi connectivity index (χ1v) is 13.4. The predicted molar refractivity (Wildman–Crippen MR) is 130 cm³/mol.